The van der Waals surface area contributed by atoms with E-state index in [9.17, 15) is 14.7 Å². The molecule has 0 bridgehead atoms. The van der Waals surface area contributed by atoms with E-state index in [1.165, 1.54) is 6.07 Å². The van der Waals surface area contributed by atoms with Gasteiger partial charge in [0.2, 0.25) is 0 Å². The Morgan fingerprint density at radius 3 is 2.42 bits per heavy atom. The van der Waals surface area contributed by atoms with Gasteiger partial charge in [0.15, 0.2) is 0 Å². The number of hydrogen-bond acceptors (Lipinski definition) is 7. The van der Waals surface area contributed by atoms with E-state index in [0.717, 1.165) is 5.56 Å². The molecule has 176 valence electrons. The number of nitrogens with zero attached hydrogens (tertiary/aromatic N) is 1. The highest BCUT2D eigenvalue weighted by molar-refractivity contribution is 6.05. The Morgan fingerprint density at radius 1 is 1.15 bits per heavy atom. The first-order valence-electron chi connectivity index (χ1n) is 10.7. The van der Waals surface area contributed by atoms with Crippen molar-refractivity contribution in [3.63, 3.8) is 0 Å². The molecule has 1 heterocycles. The van der Waals surface area contributed by atoms with Gasteiger partial charge in [0.25, 0.3) is 5.91 Å². The molecule has 2 N–H and O–H groups in total. The van der Waals surface area contributed by atoms with E-state index in [4.69, 9.17) is 13.9 Å². The molecule has 0 saturated carbocycles. The lowest BCUT2D eigenvalue weighted by molar-refractivity contribution is 0.0232. The number of aliphatic hydroxyl groups is 1. The molecular weight excluding hydrogens is 424 g/mol. The number of ether oxygens (including phenoxy) is 2. The second-order valence-electron chi connectivity index (χ2n) is 7.97. The summed E-state index contributed by atoms with van der Waals surface area (Å²) in [5, 5.41) is 14.0. The SMILES string of the molecule is CCc1c(OC)ccc2cc(C(=O)Nc3ccc([C@H](O)[C@H](COC)N(C)C)cc3)c(=O)oc12. The monoisotopic (exact) mass is 454 g/mol. The van der Waals surface area contributed by atoms with Crippen molar-refractivity contribution in [2.45, 2.75) is 25.5 Å². The fourth-order valence-electron chi connectivity index (χ4n) is 3.79. The third-order valence-electron chi connectivity index (χ3n) is 5.66. The quantitative estimate of drug-likeness (QED) is 0.479. The second kappa shape index (κ2) is 10.6. The van der Waals surface area contributed by atoms with E-state index >= 15 is 0 Å². The minimum atomic E-state index is -0.762. The summed E-state index contributed by atoms with van der Waals surface area (Å²) in [5.74, 6) is 0.0630. The zero-order valence-electron chi connectivity index (χ0n) is 19.5. The number of amides is 1. The Labute approximate surface area is 192 Å². The summed E-state index contributed by atoms with van der Waals surface area (Å²) in [4.78, 5) is 27.2. The smallest absolute Gasteiger partial charge is 0.349 e. The lowest BCUT2D eigenvalue weighted by atomic mass is 10.0. The van der Waals surface area contributed by atoms with Gasteiger partial charge in [-0.2, -0.15) is 0 Å². The molecule has 0 aliphatic carbocycles. The zero-order valence-corrected chi connectivity index (χ0v) is 19.5. The van der Waals surface area contributed by atoms with Gasteiger partial charge in [0.1, 0.15) is 16.9 Å². The predicted molar refractivity (Wildman–Crippen MR) is 127 cm³/mol. The Morgan fingerprint density at radius 2 is 1.85 bits per heavy atom. The molecule has 0 aliphatic heterocycles. The van der Waals surface area contributed by atoms with Crippen LogP contribution in [0.2, 0.25) is 0 Å². The molecule has 1 amide bonds. The van der Waals surface area contributed by atoms with E-state index < -0.39 is 17.6 Å². The lowest BCUT2D eigenvalue weighted by Gasteiger charge is -2.28. The van der Waals surface area contributed by atoms with Crippen LogP contribution in [0.5, 0.6) is 5.75 Å². The van der Waals surface area contributed by atoms with Gasteiger partial charge in [-0.15, -0.1) is 0 Å². The van der Waals surface area contributed by atoms with Crippen LogP contribution in [0.15, 0.2) is 51.7 Å². The number of likely N-dealkylation sites (N-methyl/N-ethyl adjacent to an activating group) is 1. The van der Waals surface area contributed by atoms with Crippen molar-refractivity contribution in [2.24, 2.45) is 0 Å². The summed E-state index contributed by atoms with van der Waals surface area (Å²) >= 11 is 0. The number of rotatable bonds is 9. The van der Waals surface area contributed by atoms with E-state index in [1.54, 1.807) is 50.6 Å². The van der Waals surface area contributed by atoms with Crippen LogP contribution in [0, 0.1) is 0 Å². The molecule has 0 spiro atoms. The van der Waals surface area contributed by atoms with Crippen LogP contribution < -0.4 is 15.7 Å². The number of carbonyl (C=O) groups excluding carboxylic acids is 1. The van der Waals surface area contributed by atoms with E-state index in [1.807, 2.05) is 25.9 Å². The number of carbonyl (C=O) groups is 1. The molecule has 0 unspecified atom stereocenters. The maximum Gasteiger partial charge on any atom is 0.349 e. The number of methoxy groups -OCH3 is 2. The van der Waals surface area contributed by atoms with Gasteiger partial charge in [0, 0.05) is 23.7 Å². The Hall–Kier alpha value is -3.20. The maximum absolute atomic E-state index is 12.8. The molecule has 3 rings (SSSR count). The minimum absolute atomic E-state index is 0.0911. The lowest BCUT2D eigenvalue weighted by Crippen LogP contribution is -2.37. The van der Waals surface area contributed by atoms with Crippen LogP contribution in [0.4, 0.5) is 5.69 Å². The molecule has 2 aromatic carbocycles. The van der Waals surface area contributed by atoms with Gasteiger partial charge < -0.3 is 29.2 Å². The molecule has 0 fully saturated rings. The molecular formula is C25H30N2O6. The van der Waals surface area contributed by atoms with Gasteiger partial charge in [-0.05, 0) is 56.4 Å². The number of hydrogen-bond donors (Lipinski definition) is 2. The van der Waals surface area contributed by atoms with Crippen molar-refractivity contribution in [1.29, 1.82) is 0 Å². The van der Waals surface area contributed by atoms with Gasteiger partial charge in [0.05, 0.1) is 25.9 Å². The number of aryl methyl sites for hydroxylation is 1. The van der Waals surface area contributed by atoms with Crippen LogP contribution >= 0.6 is 0 Å². The highest BCUT2D eigenvalue weighted by atomic mass is 16.5. The number of fused-ring (bicyclic) bond motifs is 1. The topological polar surface area (TPSA) is 101 Å². The van der Waals surface area contributed by atoms with Gasteiger partial charge >= 0.3 is 5.63 Å². The zero-order chi connectivity index (χ0) is 24.1. The average molecular weight is 455 g/mol. The normalized spacial score (nSPS) is 13.2. The maximum atomic E-state index is 12.8. The predicted octanol–water partition coefficient (Wildman–Crippen LogP) is 3.23. The van der Waals surface area contributed by atoms with Gasteiger partial charge in [-0.25, -0.2) is 4.79 Å². The Bertz CT molecular complexity index is 1170. The second-order valence-corrected chi connectivity index (χ2v) is 7.97. The summed E-state index contributed by atoms with van der Waals surface area (Å²) in [7, 11) is 6.89. The first-order chi connectivity index (χ1) is 15.8. The summed E-state index contributed by atoms with van der Waals surface area (Å²) < 4.78 is 16.0. The van der Waals surface area contributed by atoms with Crippen molar-refractivity contribution in [3.05, 3.63) is 69.6 Å². The fraction of sp³-hybridized carbons (Fsp3) is 0.360. The van der Waals surface area contributed by atoms with E-state index in [0.29, 0.717) is 41.0 Å². The van der Waals surface area contributed by atoms with Crippen molar-refractivity contribution in [2.75, 3.05) is 40.2 Å². The first-order valence-corrected chi connectivity index (χ1v) is 10.7. The van der Waals surface area contributed by atoms with E-state index in [2.05, 4.69) is 5.32 Å². The Balaban J connectivity index is 1.82. The van der Waals surface area contributed by atoms with Gasteiger partial charge in [-0.3, -0.25) is 4.79 Å². The summed E-state index contributed by atoms with van der Waals surface area (Å²) in [5.41, 5.74) is 1.57. The van der Waals surface area contributed by atoms with Crippen molar-refractivity contribution >= 4 is 22.6 Å². The van der Waals surface area contributed by atoms with Crippen LogP contribution in [-0.2, 0) is 11.2 Å². The minimum Gasteiger partial charge on any atom is -0.496 e. The first kappa shape index (κ1) is 24.4. The third-order valence-corrected chi connectivity index (χ3v) is 5.66. The molecule has 0 aliphatic rings. The van der Waals surface area contributed by atoms with Crippen LogP contribution in [0.3, 0.4) is 0 Å². The summed E-state index contributed by atoms with van der Waals surface area (Å²) in [6, 6.07) is 11.7. The molecule has 1 aromatic heterocycles. The number of benzene rings is 2. The molecule has 8 heteroatoms. The third kappa shape index (κ3) is 5.24. The summed E-state index contributed by atoms with van der Waals surface area (Å²) in [6.07, 6.45) is -0.145. The van der Waals surface area contributed by atoms with Crippen molar-refractivity contribution in [3.8, 4) is 5.75 Å². The Kier molecular flexibility index (Phi) is 7.86. The number of nitrogens with one attached hydrogen (secondary N) is 1. The summed E-state index contributed by atoms with van der Waals surface area (Å²) in [6.45, 7) is 2.31. The molecule has 8 nitrogen and oxygen atoms in total. The van der Waals surface area contributed by atoms with E-state index in [-0.39, 0.29) is 11.6 Å². The van der Waals surface area contributed by atoms with Crippen molar-refractivity contribution < 1.29 is 23.8 Å². The molecule has 3 aromatic rings. The fourth-order valence-corrected chi connectivity index (χ4v) is 3.79. The van der Waals surface area contributed by atoms with Crippen molar-refractivity contribution in [1.82, 2.24) is 4.90 Å². The molecule has 0 radical (unpaired) electrons. The number of aliphatic hydroxyl groups excluding tert-OH is 1. The largest absolute Gasteiger partial charge is 0.496 e. The molecule has 0 saturated heterocycles. The van der Waals surface area contributed by atoms with Crippen LogP contribution in [-0.4, -0.2) is 56.9 Å². The average Bonchev–Trinajstić information content (AvgIpc) is 2.81. The highest BCUT2D eigenvalue weighted by Crippen LogP contribution is 2.28. The van der Waals surface area contributed by atoms with Gasteiger partial charge in [-0.1, -0.05) is 19.1 Å². The number of anilines is 1. The molecule has 2 atom stereocenters. The molecule has 33 heavy (non-hydrogen) atoms. The van der Waals surface area contributed by atoms with Crippen LogP contribution in [0.1, 0.15) is 34.5 Å². The van der Waals surface area contributed by atoms with Crippen LogP contribution in [0.25, 0.3) is 11.0 Å². The standard InChI is InChI=1S/C25H30N2O6/c1-6-18-21(32-5)12-9-16-13-19(25(30)33-23(16)18)24(29)26-17-10-7-15(8-11-17)22(28)20(14-31-4)27(2)3/h7-13,20,22,28H,6,14H2,1-5H3,(H,26,29)/t20-,22-/m0/s1. The highest BCUT2D eigenvalue weighted by Gasteiger charge is 2.23.